The molecule has 0 spiro atoms. The lowest BCUT2D eigenvalue weighted by Gasteiger charge is -2.09. The molecule has 4 rings (SSSR count). The number of aromatic carboxylic acids is 1. The number of nitrogens with zero attached hydrogens (tertiary/aromatic N) is 2. The molecule has 0 aliphatic carbocycles. The monoisotopic (exact) mass is 600 g/mol. The van der Waals surface area contributed by atoms with E-state index >= 15 is 0 Å². The summed E-state index contributed by atoms with van der Waals surface area (Å²) in [6.45, 7) is 0.439. The number of likely N-dealkylation sites (N-methyl/N-ethyl adjacent to an activating group) is 1. The van der Waals surface area contributed by atoms with Crippen molar-refractivity contribution in [2.45, 2.75) is 6.61 Å². The Morgan fingerprint density at radius 1 is 1.12 bits per heavy atom. The fraction of sp³-hybridized carbons (Fsp3) is 0.0800. The van der Waals surface area contributed by atoms with Gasteiger partial charge in [-0.2, -0.15) is 0 Å². The Morgan fingerprint density at radius 3 is 2.59 bits per heavy atom. The van der Waals surface area contributed by atoms with Gasteiger partial charge in [-0.3, -0.25) is 9.69 Å². The standard InChI is InChI=1S/C25H18Br2N2O4S/c1-29-23(30)22(34-25(29)28-19-4-2-3-17(13-19)24(31)32)12-16-7-10-21(20(27)11-16)33-14-15-5-8-18(26)9-6-15/h2-13H,14H2,1H3,(H,31,32)/b22-12+,28-25?. The maximum atomic E-state index is 12.7. The molecule has 34 heavy (non-hydrogen) atoms. The van der Waals surface area contributed by atoms with E-state index < -0.39 is 5.97 Å². The van der Waals surface area contributed by atoms with Crippen molar-refractivity contribution in [2.24, 2.45) is 4.99 Å². The molecule has 0 aromatic heterocycles. The second-order valence-corrected chi connectivity index (χ2v) is 10.1. The first-order chi connectivity index (χ1) is 16.3. The maximum absolute atomic E-state index is 12.7. The number of hydrogen-bond donors (Lipinski definition) is 1. The van der Waals surface area contributed by atoms with Crippen molar-refractivity contribution >= 4 is 72.4 Å². The van der Waals surface area contributed by atoms with Crippen molar-refractivity contribution in [1.82, 2.24) is 4.90 Å². The molecule has 1 heterocycles. The van der Waals surface area contributed by atoms with Crippen LogP contribution in [0.5, 0.6) is 5.75 Å². The summed E-state index contributed by atoms with van der Waals surface area (Å²) in [6.07, 6.45) is 1.79. The molecule has 3 aromatic rings. The molecule has 1 aliphatic rings. The minimum atomic E-state index is -1.03. The van der Waals surface area contributed by atoms with Crippen LogP contribution in [0.3, 0.4) is 0 Å². The van der Waals surface area contributed by atoms with Gasteiger partial charge >= 0.3 is 5.97 Å². The molecule has 172 valence electrons. The molecule has 0 bridgehead atoms. The van der Waals surface area contributed by atoms with Crippen molar-refractivity contribution in [2.75, 3.05) is 7.05 Å². The maximum Gasteiger partial charge on any atom is 0.335 e. The molecule has 1 aliphatic heterocycles. The van der Waals surface area contributed by atoms with Gasteiger partial charge in [0.1, 0.15) is 12.4 Å². The molecule has 3 aromatic carbocycles. The zero-order valence-electron chi connectivity index (χ0n) is 17.9. The highest BCUT2D eigenvalue weighted by molar-refractivity contribution is 9.10. The zero-order valence-corrected chi connectivity index (χ0v) is 21.9. The van der Waals surface area contributed by atoms with Crippen LogP contribution in [0.1, 0.15) is 21.5 Å². The van der Waals surface area contributed by atoms with Crippen LogP contribution in [0.25, 0.3) is 6.08 Å². The molecule has 9 heteroatoms. The second kappa shape index (κ2) is 10.6. The lowest BCUT2D eigenvalue weighted by molar-refractivity contribution is -0.121. The summed E-state index contributed by atoms with van der Waals surface area (Å²) >= 11 is 8.21. The number of rotatable bonds is 6. The summed E-state index contributed by atoms with van der Waals surface area (Å²) in [6, 6.07) is 19.8. The van der Waals surface area contributed by atoms with E-state index in [0.717, 1.165) is 20.1 Å². The SMILES string of the molecule is CN1C(=O)/C(=C\c2ccc(OCc3ccc(Br)cc3)c(Br)c2)SC1=Nc1cccc(C(=O)O)c1. The van der Waals surface area contributed by atoms with Crippen molar-refractivity contribution < 1.29 is 19.4 Å². The molecule has 1 fully saturated rings. The Balaban J connectivity index is 1.49. The third-order valence-electron chi connectivity index (χ3n) is 4.88. The zero-order chi connectivity index (χ0) is 24.2. The number of carbonyl (C=O) groups is 2. The molecular weight excluding hydrogens is 584 g/mol. The van der Waals surface area contributed by atoms with Crippen molar-refractivity contribution in [1.29, 1.82) is 0 Å². The molecule has 6 nitrogen and oxygen atoms in total. The normalized spacial score (nSPS) is 15.9. The summed E-state index contributed by atoms with van der Waals surface area (Å²) in [5.41, 5.74) is 2.50. The van der Waals surface area contributed by atoms with E-state index in [1.807, 2.05) is 42.5 Å². The minimum Gasteiger partial charge on any atom is -0.488 e. The number of ether oxygens (including phenoxy) is 1. The van der Waals surface area contributed by atoms with E-state index in [1.165, 1.54) is 28.8 Å². The number of carboxylic acid groups (broad SMARTS) is 1. The summed E-state index contributed by atoms with van der Waals surface area (Å²) in [4.78, 5) is 30.4. The van der Waals surface area contributed by atoms with Crippen molar-refractivity contribution in [3.8, 4) is 5.75 Å². The van der Waals surface area contributed by atoms with Gasteiger partial charge in [-0.25, -0.2) is 9.79 Å². The summed E-state index contributed by atoms with van der Waals surface area (Å²) in [5, 5.41) is 9.65. The van der Waals surface area contributed by atoms with E-state index in [1.54, 1.807) is 25.3 Å². The number of amides is 1. The topological polar surface area (TPSA) is 79.2 Å². The number of carbonyl (C=O) groups excluding carboxylic acids is 1. The average Bonchev–Trinajstić information content (AvgIpc) is 3.07. The Kier molecular flexibility index (Phi) is 7.55. The van der Waals surface area contributed by atoms with Gasteiger partial charge in [-0.1, -0.05) is 40.2 Å². The predicted octanol–water partition coefficient (Wildman–Crippen LogP) is 6.72. The van der Waals surface area contributed by atoms with Crippen LogP contribution in [0.2, 0.25) is 0 Å². The summed E-state index contributed by atoms with van der Waals surface area (Å²) in [7, 11) is 1.64. The smallest absolute Gasteiger partial charge is 0.335 e. The van der Waals surface area contributed by atoms with Crippen LogP contribution in [0.4, 0.5) is 5.69 Å². The van der Waals surface area contributed by atoms with Crippen LogP contribution in [-0.2, 0) is 11.4 Å². The Labute approximate surface area is 217 Å². The van der Waals surface area contributed by atoms with Crippen LogP contribution < -0.4 is 4.74 Å². The molecule has 0 radical (unpaired) electrons. The van der Waals surface area contributed by atoms with E-state index in [9.17, 15) is 14.7 Å². The number of benzene rings is 3. The lowest BCUT2D eigenvalue weighted by atomic mass is 10.2. The minimum absolute atomic E-state index is 0.141. The second-order valence-electron chi connectivity index (χ2n) is 7.33. The molecular formula is C25H18Br2N2O4S. The number of carboxylic acids is 1. The largest absolute Gasteiger partial charge is 0.488 e. The van der Waals surface area contributed by atoms with E-state index in [-0.39, 0.29) is 11.5 Å². The first kappa shape index (κ1) is 24.3. The third-order valence-corrected chi connectivity index (χ3v) is 7.09. The van der Waals surface area contributed by atoms with Crippen molar-refractivity contribution in [3.63, 3.8) is 0 Å². The average molecular weight is 602 g/mol. The Bertz CT molecular complexity index is 1320. The predicted molar refractivity (Wildman–Crippen MR) is 141 cm³/mol. The Hall–Kier alpha value is -2.88. The van der Waals surface area contributed by atoms with Crippen molar-refractivity contribution in [3.05, 3.63) is 97.3 Å². The van der Waals surface area contributed by atoms with E-state index in [2.05, 4.69) is 36.9 Å². The van der Waals surface area contributed by atoms with Gasteiger partial charge in [0, 0.05) is 11.5 Å². The van der Waals surface area contributed by atoms with Gasteiger partial charge in [0.05, 0.1) is 20.6 Å². The fourth-order valence-corrected chi connectivity index (χ4v) is 4.85. The van der Waals surface area contributed by atoms with E-state index in [4.69, 9.17) is 4.74 Å². The quantitative estimate of drug-likeness (QED) is 0.317. The molecule has 1 amide bonds. The van der Waals surface area contributed by atoms with Gasteiger partial charge in [0.25, 0.3) is 5.91 Å². The van der Waals surface area contributed by atoms with Crippen LogP contribution in [0.15, 0.2) is 85.6 Å². The number of hydrogen-bond acceptors (Lipinski definition) is 5. The molecule has 0 saturated carbocycles. The molecule has 0 unspecified atom stereocenters. The third kappa shape index (κ3) is 5.78. The first-order valence-corrected chi connectivity index (χ1v) is 12.5. The van der Waals surface area contributed by atoms with Gasteiger partial charge in [-0.05, 0) is 87.4 Å². The highest BCUT2D eigenvalue weighted by atomic mass is 79.9. The highest BCUT2D eigenvalue weighted by Gasteiger charge is 2.30. The number of amidine groups is 1. The number of halogens is 2. The Morgan fingerprint density at radius 2 is 1.88 bits per heavy atom. The van der Waals surface area contributed by atoms with Crippen LogP contribution in [0, 0.1) is 0 Å². The molecule has 1 N–H and O–H groups in total. The molecule has 1 saturated heterocycles. The first-order valence-electron chi connectivity index (χ1n) is 10.1. The van der Waals surface area contributed by atoms with Gasteiger partial charge < -0.3 is 9.84 Å². The molecule has 0 atom stereocenters. The number of thioether (sulfide) groups is 1. The summed E-state index contributed by atoms with van der Waals surface area (Å²) in [5.74, 6) is -0.501. The van der Waals surface area contributed by atoms with Gasteiger partial charge in [0.2, 0.25) is 0 Å². The van der Waals surface area contributed by atoms with Crippen LogP contribution in [-0.4, -0.2) is 34.1 Å². The summed E-state index contributed by atoms with van der Waals surface area (Å²) < 4.78 is 7.71. The van der Waals surface area contributed by atoms with Gasteiger partial charge in [-0.15, -0.1) is 0 Å². The van der Waals surface area contributed by atoms with E-state index in [0.29, 0.717) is 28.1 Å². The highest BCUT2D eigenvalue weighted by Crippen LogP contribution is 2.35. The van der Waals surface area contributed by atoms with Crippen LogP contribution >= 0.6 is 43.6 Å². The fourth-order valence-electron chi connectivity index (χ4n) is 3.09. The lowest BCUT2D eigenvalue weighted by Crippen LogP contribution is -2.23. The number of aliphatic imine (C=N–C) groups is 1. The van der Waals surface area contributed by atoms with Gasteiger partial charge in [0.15, 0.2) is 5.17 Å².